The first-order chi connectivity index (χ1) is 5.15. The van der Waals surface area contributed by atoms with E-state index >= 15 is 0 Å². The highest BCUT2D eigenvalue weighted by Crippen LogP contribution is 2.17. The Bertz CT molecular complexity index is 262. The molecule has 0 N–H and O–H groups in total. The van der Waals surface area contributed by atoms with E-state index in [2.05, 4.69) is 27.1 Å². The van der Waals surface area contributed by atoms with Crippen LogP contribution in [-0.2, 0) is 0 Å². The molecule has 60 valence electrons. The van der Waals surface area contributed by atoms with Gasteiger partial charge in [-0.25, -0.2) is 0 Å². The Kier molecular flexibility index (Phi) is 2.45. The zero-order valence-corrected chi connectivity index (χ0v) is 6.53. The molecule has 0 saturated carbocycles. The summed E-state index contributed by atoms with van der Waals surface area (Å²) >= 11 is 8.29. The molecule has 0 radical (unpaired) electrons. The van der Waals surface area contributed by atoms with E-state index in [1.165, 1.54) is 0 Å². The Balaban J connectivity index is 3.21. The molecule has 0 aliphatic carbocycles. The highest BCUT2D eigenvalue weighted by Gasteiger charge is 2.11. The Morgan fingerprint density at radius 1 is 1.27 bits per heavy atom. The van der Waals surface area contributed by atoms with Crippen LogP contribution in [0.5, 0.6) is 6.01 Å². The Morgan fingerprint density at radius 3 is 2.09 bits per heavy atom. The van der Waals surface area contributed by atoms with Crippen LogP contribution in [0.4, 0.5) is 8.78 Å². The molecule has 0 aliphatic rings. The Labute approximate surface area is 71.0 Å². The van der Waals surface area contributed by atoms with Crippen molar-refractivity contribution in [1.29, 1.82) is 0 Å². The van der Waals surface area contributed by atoms with Gasteiger partial charge in [-0.15, -0.1) is 0 Å². The van der Waals surface area contributed by atoms with Crippen molar-refractivity contribution in [2.45, 2.75) is 0 Å². The Morgan fingerprint density at radius 2 is 1.73 bits per heavy atom. The van der Waals surface area contributed by atoms with Crippen molar-refractivity contribution < 1.29 is 13.0 Å². The molecule has 0 unspecified atom stereocenters. The van der Waals surface area contributed by atoms with E-state index in [0.717, 1.165) is 0 Å². The monoisotopic (exact) mass is 198 g/mol. The van der Waals surface area contributed by atoms with E-state index in [0.29, 0.717) is 0 Å². The van der Waals surface area contributed by atoms with E-state index < -0.39 is 22.9 Å². The van der Waals surface area contributed by atoms with Crippen molar-refractivity contribution in [2.75, 3.05) is 0 Å². The van der Waals surface area contributed by atoms with Crippen molar-refractivity contribution in [1.82, 2.24) is 9.97 Å². The summed E-state index contributed by atoms with van der Waals surface area (Å²) in [6, 6.07) is -0.521. The number of hydrogen-bond acceptors (Lipinski definition) is 4. The van der Waals surface area contributed by atoms with E-state index in [1.54, 1.807) is 0 Å². The lowest BCUT2D eigenvalue weighted by atomic mass is 10.6. The summed E-state index contributed by atoms with van der Waals surface area (Å²) in [4.78, 5) is 6.01. The molecule has 0 fully saturated rings. The number of hydrogen-bond donors (Lipinski definition) is 1. The fourth-order valence-electron chi connectivity index (χ4n) is 0.417. The average molecular weight is 199 g/mol. The van der Waals surface area contributed by atoms with Crippen LogP contribution in [0.1, 0.15) is 0 Å². The van der Waals surface area contributed by atoms with Gasteiger partial charge in [-0.05, 0) is 0 Å². The average Bonchev–Trinajstić information content (AvgIpc) is 1.99. The molecule has 0 aromatic carbocycles. The third-order valence-electron chi connectivity index (χ3n) is 0.831. The van der Waals surface area contributed by atoms with Gasteiger partial charge < -0.3 is 4.18 Å². The predicted molar refractivity (Wildman–Crippen MR) is 36.6 cm³/mol. The molecule has 1 aromatic rings. The molecule has 3 nitrogen and oxygen atoms in total. The van der Waals surface area contributed by atoms with Gasteiger partial charge >= 0.3 is 6.01 Å². The van der Waals surface area contributed by atoms with Crippen LogP contribution in [0.2, 0.25) is 5.02 Å². The predicted octanol–water partition coefficient (Wildman–Crippen LogP) is 1.63. The molecule has 0 amide bonds. The summed E-state index contributed by atoms with van der Waals surface area (Å²) in [7, 11) is 0. The molecule has 0 atom stereocenters. The normalized spacial score (nSPS) is 9.82. The quantitative estimate of drug-likeness (QED) is 0.423. The van der Waals surface area contributed by atoms with E-state index in [4.69, 9.17) is 11.6 Å². The van der Waals surface area contributed by atoms with Crippen molar-refractivity contribution >= 4 is 24.5 Å². The minimum Gasteiger partial charge on any atom is -0.392 e. The first-order valence-electron chi connectivity index (χ1n) is 2.35. The maximum atomic E-state index is 12.4. The van der Waals surface area contributed by atoms with Gasteiger partial charge in [0.1, 0.15) is 0 Å². The van der Waals surface area contributed by atoms with Crippen LogP contribution < -0.4 is 4.18 Å². The van der Waals surface area contributed by atoms with Gasteiger partial charge in [0.15, 0.2) is 5.02 Å². The molecule has 7 heteroatoms. The maximum absolute atomic E-state index is 12.4. The lowest BCUT2D eigenvalue weighted by Gasteiger charge is -1.96. The highest BCUT2D eigenvalue weighted by atomic mass is 35.5. The van der Waals surface area contributed by atoms with Crippen LogP contribution >= 0.6 is 24.5 Å². The third-order valence-corrected chi connectivity index (χ3v) is 1.31. The molecule has 0 spiro atoms. The number of rotatable bonds is 1. The van der Waals surface area contributed by atoms with Crippen LogP contribution in [-0.4, -0.2) is 9.97 Å². The second kappa shape index (κ2) is 3.19. The number of aromatic nitrogens is 2. The van der Waals surface area contributed by atoms with Gasteiger partial charge in [0.25, 0.3) is 0 Å². The molecule has 1 aromatic heterocycles. The van der Waals surface area contributed by atoms with Crippen LogP contribution in [0, 0.1) is 11.9 Å². The van der Waals surface area contributed by atoms with Crippen molar-refractivity contribution in [3.63, 3.8) is 0 Å². The van der Waals surface area contributed by atoms with Crippen LogP contribution in [0.3, 0.4) is 0 Å². The molecule has 0 aliphatic heterocycles. The van der Waals surface area contributed by atoms with Gasteiger partial charge in [-0.2, -0.15) is 18.7 Å². The number of nitrogens with zero attached hydrogens (tertiary/aromatic N) is 2. The number of thiol groups is 1. The van der Waals surface area contributed by atoms with E-state index in [9.17, 15) is 8.78 Å². The summed E-state index contributed by atoms with van der Waals surface area (Å²) in [6.07, 6.45) is 0. The zero-order chi connectivity index (χ0) is 8.43. The molecule has 1 rings (SSSR count). The molecule has 1 heterocycles. The van der Waals surface area contributed by atoms with Gasteiger partial charge in [-0.1, -0.05) is 11.6 Å². The minimum atomic E-state index is -1.18. The zero-order valence-electron chi connectivity index (χ0n) is 4.88. The van der Waals surface area contributed by atoms with Gasteiger partial charge in [0.05, 0.1) is 0 Å². The van der Waals surface area contributed by atoms with E-state index in [-0.39, 0.29) is 0 Å². The summed E-state index contributed by atoms with van der Waals surface area (Å²) in [5.74, 6) is -2.36. The lowest BCUT2D eigenvalue weighted by Crippen LogP contribution is -1.96. The topological polar surface area (TPSA) is 35.0 Å². The summed E-state index contributed by atoms with van der Waals surface area (Å²) in [6.45, 7) is 0. The smallest absolute Gasteiger partial charge is 0.334 e. The first kappa shape index (κ1) is 8.48. The second-order valence-electron chi connectivity index (χ2n) is 1.49. The fraction of sp³-hybridized carbons (Fsp3) is 0. The lowest BCUT2D eigenvalue weighted by molar-refractivity contribution is 0.477. The maximum Gasteiger partial charge on any atom is 0.334 e. The molecule has 0 saturated heterocycles. The largest absolute Gasteiger partial charge is 0.392 e. The van der Waals surface area contributed by atoms with Gasteiger partial charge in [0, 0.05) is 12.9 Å². The molecule has 11 heavy (non-hydrogen) atoms. The highest BCUT2D eigenvalue weighted by molar-refractivity contribution is 7.75. The summed E-state index contributed by atoms with van der Waals surface area (Å²) < 4.78 is 28.8. The van der Waals surface area contributed by atoms with Crippen molar-refractivity contribution in [2.24, 2.45) is 0 Å². The molecular weight excluding hydrogens is 198 g/mol. The SMILES string of the molecule is Fc1nc(OS)nc(F)c1Cl. The molecular formula is C4HClF2N2OS. The second-order valence-corrected chi connectivity index (χ2v) is 2.05. The first-order valence-corrected chi connectivity index (χ1v) is 3.09. The summed E-state index contributed by atoms with van der Waals surface area (Å²) in [5, 5.41) is -0.765. The third kappa shape index (κ3) is 1.69. The standard InChI is InChI=1S/C4HClF2N2OS/c5-1-2(6)8-4(10-11)9-3(1)7/h11H. The van der Waals surface area contributed by atoms with E-state index in [1.807, 2.05) is 0 Å². The number of halogens is 3. The van der Waals surface area contributed by atoms with Crippen LogP contribution in [0.25, 0.3) is 0 Å². The van der Waals surface area contributed by atoms with Crippen molar-refractivity contribution in [3.8, 4) is 6.01 Å². The van der Waals surface area contributed by atoms with Crippen LogP contribution in [0.15, 0.2) is 0 Å². The fourth-order valence-corrected chi connectivity index (χ4v) is 0.583. The Hall–Kier alpha value is -0.620. The van der Waals surface area contributed by atoms with Gasteiger partial charge in [0.2, 0.25) is 11.9 Å². The molecule has 0 bridgehead atoms. The van der Waals surface area contributed by atoms with Gasteiger partial charge in [-0.3, -0.25) is 0 Å². The minimum absolute atomic E-state index is 0.521. The van der Waals surface area contributed by atoms with Crippen molar-refractivity contribution in [3.05, 3.63) is 16.9 Å². The summed E-state index contributed by atoms with van der Waals surface area (Å²) in [5.41, 5.74) is 0.